The number of sulfonamides is 1. The van der Waals surface area contributed by atoms with Crippen LogP contribution in [0.2, 0.25) is 0 Å². The molecule has 6 nitrogen and oxygen atoms in total. The van der Waals surface area contributed by atoms with Gasteiger partial charge >= 0.3 is 0 Å². The Balaban J connectivity index is 1.58. The van der Waals surface area contributed by atoms with Crippen molar-refractivity contribution in [1.29, 1.82) is 0 Å². The van der Waals surface area contributed by atoms with Gasteiger partial charge in [-0.05, 0) is 43.2 Å². The van der Waals surface area contributed by atoms with Gasteiger partial charge in [0, 0.05) is 18.7 Å². The second-order valence-corrected chi connectivity index (χ2v) is 7.99. The number of hydrogen-bond donors (Lipinski definition) is 1. The highest BCUT2D eigenvalue weighted by molar-refractivity contribution is 7.89. The predicted molar refractivity (Wildman–Crippen MR) is 98.7 cm³/mol. The SMILES string of the molecule is O=C(NCCOc1ccccc1)c1cccc(S(=O)(=O)N2CCCC2)c1. The van der Waals surface area contributed by atoms with Crippen molar-refractivity contribution in [3.8, 4) is 5.75 Å². The molecule has 1 amide bonds. The van der Waals surface area contributed by atoms with Crippen LogP contribution in [-0.2, 0) is 10.0 Å². The zero-order chi connectivity index (χ0) is 18.4. The zero-order valence-electron chi connectivity index (χ0n) is 14.4. The lowest BCUT2D eigenvalue weighted by molar-refractivity contribution is 0.0947. The minimum atomic E-state index is -3.53. The van der Waals surface area contributed by atoms with E-state index >= 15 is 0 Å². The summed E-state index contributed by atoms with van der Waals surface area (Å²) in [6, 6.07) is 15.5. The lowest BCUT2D eigenvalue weighted by Crippen LogP contribution is -2.29. The second kappa shape index (κ2) is 8.33. The molecule has 3 rings (SSSR count). The fourth-order valence-corrected chi connectivity index (χ4v) is 4.39. The smallest absolute Gasteiger partial charge is 0.251 e. The van der Waals surface area contributed by atoms with Crippen molar-refractivity contribution in [2.75, 3.05) is 26.2 Å². The van der Waals surface area contributed by atoms with Gasteiger partial charge in [-0.15, -0.1) is 0 Å². The quantitative estimate of drug-likeness (QED) is 0.755. The number of benzene rings is 2. The van der Waals surface area contributed by atoms with E-state index in [0.717, 1.165) is 18.6 Å². The van der Waals surface area contributed by atoms with E-state index in [1.807, 2.05) is 30.3 Å². The van der Waals surface area contributed by atoms with Gasteiger partial charge in [-0.25, -0.2) is 8.42 Å². The molecule has 1 fully saturated rings. The average Bonchev–Trinajstić information content (AvgIpc) is 3.22. The van der Waals surface area contributed by atoms with E-state index in [2.05, 4.69) is 5.32 Å². The van der Waals surface area contributed by atoms with Crippen molar-refractivity contribution in [2.24, 2.45) is 0 Å². The van der Waals surface area contributed by atoms with Crippen LogP contribution in [0.25, 0.3) is 0 Å². The third-order valence-electron chi connectivity index (χ3n) is 4.20. The van der Waals surface area contributed by atoms with E-state index in [9.17, 15) is 13.2 Å². The lowest BCUT2D eigenvalue weighted by atomic mass is 10.2. The summed E-state index contributed by atoms with van der Waals surface area (Å²) in [5.74, 6) is 0.417. The van der Waals surface area contributed by atoms with Gasteiger partial charge in [0.2, 0.25) is 10.0 Å². The third-order valence-corrected chi connectivity index (χ3v) is 6.09. The van der Waals surface area contributed by atoms with Crippen molar-refractivity contribution in [1.82, 2.24) is 9.62 Å². The lowest BCUT2D eigenvalue weighted by Gasteiger charge is -2.16. The van der Waals surface area contributed by atoms with Crippen molar-refractivity contribution in [3.63, 3.8) is 0 Å². The normalized spacial score (nSPS) is 14.9. The predicted octanol–water partition coefficient (Wildman–Crippen LogP) is 2.28. The van der Waals surface area contributed by atoms with Crippen LogP contribution >= 0.6 is 0 Å². The van der Waals surface area contributed by atoms with Crippen molar-refractivity contribution < 1.29 is 17.9 Å². The molecule has 0 bridgehead atoms. The number of nitrogens with zero attached hydrogens (tertiary/aromatic N) is 1. The maximum atomic E-state index is 12.6. The summed E-state index contributed by atoms with van der Waals surface area (Å²) in [4.78, 5) is 12.4. The molecule has 7 heteroatoms. The first-order valence-corrected chi connectivity index (χ1v) is 10.1. The number of rotatable bonds is 7. The number of carbonyl (C=O) groups excluding carboxylic acids is 1. The van der Waals surface area contributed by atoms with E-state index in [-0.39, 0.29) is 10.8 Å². The highest BCUT2D eigenvalue weighted by atomic mass is 32.2. The first-order valence-electron chi connectivity index (χ1n) is 8.64. The van der Waals surface area contributed by atoms with Gasteiger partial charge in [0.15, 0.2) is 0 Å². The summed E-state index contributed by atoms with van der Waals surface area (Å²) in [5, 5.41) is 2.75. The molecule has 0 unspecified atom stereocenters. The summed E-state index contributed by atoms with van der Waals surface area (Å²) < 4.78 is 32.2. The molecule has 0 spiro atoms. The Morgan fingerprint density at radius 3 is 2.50 bits per heavy atom. The van der Waals surface area contributed by atoms with Crippen LogP contribution in [0.3, 0.4) is 0 Å². The van der Waals surface area contributed by atoms with Gasteiger partial charge in [-0.3, -0.25) is 4.79 Å². The molecule has 2 aromatic rings. The molecule has 0 atom stereocenters. The molecule has 1 aliphatic rings. The Hall–Kier alpha value is -2.38. The van der Waals surface area contributed by atoms with E-state index in [4.69, 9.17) is 4.74 Å². The molecule has 1 aliphatic heterocycles. The largest absolute Gasteiger partial charge is 0.492 e. The molecule has 138 valence electrons. The van der Waals surface area contributed by atoms with Crippen LogP contribution in [0, 0.1) is 0 Å². The highest BCUT2D eigenvalue weighted by Gasteiger charge is 2.27. The standard InChI is InChI=1S/C19H22N2O4S/c22-19(20-11-14-25-17-8-2-1-3-9-17)16-7-6-10-18(15-16)26(23,24)21-12-4-5-13-21/h1-3,6-10,15H,4-5,11-14H2,(H,20,22). The molecular formula is C19H22N2O4S. The topological polar surface area (TPSA) is 75.7 Å². The maximum absolute atomic E-state index is 12.6. The Kier molecular flexibility index (Phi) is 5.90. The third kappa shape index (κ3) is 4.42. The first-order chi connectivity index (χ1) is 12.6. The summed E-state index contributed by atoms with van der Waals surface area (Å²) in [6.45, 7) is 1.74. The van der Waals surface area contributed by atoms with E-state index in [1.54, 1.807) is 12.1 Å². The van der Waals surface area contributed by atoms with Gasteiger partial charge in [0.1, 0.15) is 12.4 Å². The number of hydrogen-bond acceptors (Lipinski definition) is 4. The zero-order valence-corrected chi connectivity index (χ0v) is 15.2. The molecule has 0 radical (unpaired) electrons. The molecule has 0 saturated carbocycles. The molecule has 26 heavy (non-hydrogen) atoms. The molecule has 1 heterocycles. The number of amides is 1. The fraction of sp³-hybridized carbons (Fsp3) is 0.316. The average molecular weight is 374 g/mol. The van der Waals surface area contributed by atoms with E-state index < -0.39 is 10.0 Å². The van der Waals surface area contributed by atoms with Crippen molar-refractivity contribution in [3.05, 3.63) is 60.2 Å². The number of para-hydroxylation sites is 1. The van der Waals surface area contributed by atoms with Gasteiger partial charge in [0.25, 0.3) is 5.91 Å². The summed E-state index contributed by atoms with van der Waals surface area (Å²) in [7, 11) is -3.53. The molecule has 1 N–H and O–H groups in total. The van der Waals surface area contributed by atoms with Crippen LogP contribution in [0.1, 0.15) is 23.2 Å². The van der Waals surface area contributed by atoms with Gasteiger partial charge < -0.3 is 10.1 Å². The fourth-order valence-electron chi connectivity index (χ4n) is 2.83. The van der Waals surface area contributed by atoms with Gasteiger partial charge in [0.05, 0.1) is 11.4 Å². The Labute approximate surface area is 153 Å². The van der Waals surface area contributed by atoms with Crippen LogP contribution in [0.4, 0.5) is 0 Å². The minimum Gasteiger partial charge on any atom is -0.492 e. The number of nitrogens with one attached hydrogen (secondary N) is 1. The molecule has 0 aromatic heterocycles. The maximum Gasteiger partial charge on any atom is 0.251 e. The minimum absolute atomic E-state index is 0.160. The second-order valence-electron chi connectivity index (χ2n) is 6.06. The van der Waals surface area contributed by atoms with Gasteiger partial charge in [-0.1, -0.05) is 24.3 Å². The molecule has 0 aliphatic carbocycles. The number of ether oxygens (including phenoxy) is 1. The number of carbonyl (C=O) groups is 1. The van der Waals surface area contributed by atoms with Crippen LogP contribution in [-0.4, -0.2) is 44.9 Å². The molecular weight excluding hydrogens is 352 g/mol. The molecule has 2 aromatic carbocycles. The van der Waals surface area contributed by atoms with Crippen molar-refractivity contribution >= 4 is 15.9 Å². The first kappa shape index (κ1) is 18.4. The monoisotopic (exact) mass is 374 g/mol. The van der Waals surface area contributed by atoms with Crippen LogP contribution in [0.15, 0.2) is 59.5 Å². The van der Waals surface area contributed by atoms with Crippen LogP contribution in [0.5, 0.6) is 5.75 Å². The van der Waals surface area contributed by atoms with Crippen molar-refractivity contribution in [2.45, 2.75) is 17.7 Å². The Morgan fingerprint density at radius 2 is 1.77 bits per heavy atom. The summed E-state index contributed by atoms with van der Waals surface area (Å²) in [5.41, 5.74) is 0.324. The van der Waals surface area contributed by atoms with Gasteiger partial charge in [-0.2, -0.15) is 4.31 Å². The highest BCUT2D eigenvalue weighted by Crippen LogP contribution is 2.21. The Morgan fingerprint density at radius 1 is 1.04 bits per heavy atom. The molecule has 1 saturated heterocycles. The summed E-state index contributed by atoms with van der Waals surface area (Å²) >= 11 is 0. The van der Waals surface area contributed by atoms with Crippen LogP contribution < -0.4 is 10.1 Å². The Bertz CT molecular complexity index is 847. The van der Waals surface area contributed by atoms with E-state index in [1.165, 1.54) is 16.4 Å². The summed E-state index contributed by atoms with van der Waals surface area (Å²) in [6.07, 6.45) is 1.75. The van der Waals surface area contributed by atoms with E-state index in [0.29, 0.717) is 31.8 Å².